The van der Waals surface area contributed by atoms with Gasteiger partial charge in [0.05, 0.1) is 6.26 Å². The van der Waals surface area contributed by atoms with Crippen molar-refractivity contribution in [1.82, 2.24) is 5.32 Å². The lowest BCUT2D eigenvalue weighted by Gasteiger charge is -2.22. The van der Waals surface area contributed by atoms with E-state index < -0.39 is 0 Å². The average Bonchev–Trinajstić information content (AvgIpc) is 3.03. The monoisotopic (exact) mass is 284 g/mol. The van der Waals surface area contributed by atoms with Crippen LogP contribution in [0.25, 0.3) is 11.3 Å². The first-order valence-corrected chi connectivity index (χ1v) is 7.46. The third-order valence-electron chi connectivity index (χ3n) is 3.85. The number of carbonyl (C=O) groups is 1. The fraction of sp³-hybridized carbons (Fsp3) is 0.353. The molecule has 0 saturated carbocycles. The zero-order valence-corrected chi connectivity index (χ0v) is 12.0. The van der Waals surface area contributed by atoms with Crippen molar-refractivity contribution in [1.29, 1.82) is 0 Å². The van der Waals surface area contributed by atoms with Gasteiger partial charge in [-0.3, -0.25) is 4.79 Å². The van der Waals surface area contributed by atoms with Gasteiger partial charge in [-0.25, -0.2) is 0 Å². The molecule has 0 unspecified atom stereocenters. The minimum absolute atomic E-state index is 0.0921. The zero-order valence-electron chi connectivity index (χ0n) is 12.0. The van der Waals surface area contributed by atoms with Gasteiger partial charge in [-0.1, -0.05) is 0 Å². The molecule has 2 heterocycles. The highest BCUT2D eigenvalue weighted by molar-refractivity contribution is 5.91. The molecule has 1 atom stereocenters. The maximum atomic E-state index is 12.0. The minimum atomic E-state index is 0.0921. The molecule has 1 aliphatic rings. The molecule has 0 bridgehead atoms. The second-order valence-electron chi connectivity index (χ2n) is 5.52. The Morgan fingerprint density at radius 1 is 1.29 bits per heavy atom. The van der Waals surface area contributed by atoms with Crippen LogP contribution in [-0.4, -0.2) is 19.0 Å². The lowest BCUT2D eigenvalue weighted by atomic mass is 9.96. The molecule has 110 valence electrons. The Bertz CT molecular complexity index is 569. The standard InChI is InChI=1S/C17H20N2O2/c20-17(11-13-3-1-9-18-12-13)19-15-7-5-14(6-8-15)16-4-2-10-21-16/h2,4-8,10,13,18H,1,3,9,11-12H2,(H,19,20)/t13-/m1/s1. The van der Waals surface area contributed by atoms with Gasteiger partial charge in [0.2, 0.25) is 5.91 Å². The average molecular weight is 284 g/mol. The molecule has 0 spiro atoms. The van der Waals surface area contributed by atoms with Crippen molar-refractivity contribution in [2.75, 3.05) is 18.4 Å². The molecule has 3 rings (SSSR count). The zero-order chi connectivity index (χ0) is 14.5. The van der Waals surface area contributed by atoms with Crippen LogP contribution in [0.4, 0.5) is 5.69 Å². The molecular formula is C17H20N2O2. The Labute approximate surface area is 124 Å². The van der Waals surface area contributed by atoms with Crippen molar-refractivity contribution in [2.24, 2.45) is 5.92 Å². The highest BCUT2D eigenvalue weighted by atomic mass is 16.3. The van der Waals surface area contributed by atoms with Gasteiger partial charge in [0.25, 0.3) is 0 Å². The summed E-state index contributed by atoms with van der Waals surface area (Å²) in [5.41, 5.74) is 1.84. The maximum absolute atomic E-state index is 12.0. The van der Waals surface area contributed by atoms with Gasteiger partial charge >= 0.3 is 0 Å². The Hall–Kier alpha value is -2.07. The van der Waals surface area contributed by atoms with E-state index in [-0.39, 0.29) is 5.91 Å². The van der Waals surface area contributed by atoms with E-state index in [2.05, 4.69) is 10.6 Å². The summed E-state index contributed by atoms with van der Waals surface area (Å²) < 4.78 is 5.35. The summed E-state index contributed by atoms with van der Waals surface area (Å²) in [6, 6.07) is 11.5. The normalized spacial score (nSPS) is 18.4. The largest absolute Gasteiger partial charge is 0.464 e. The molecule has 21 heavy (non-hydrogen) atoms. The van der Waals surface area contributed by atoms with Gasteiger partial charge in [-0.15, -0.1) is 0 Å². The minimum Gasteiger partial charge on any atom is -0.464 e. The Morgan fingerprint density at radius 2 is 2.14 bits per heavy atom. The van der Waals surface area contributed by atoms with Crippen LogP contribution in [0.5, 0.6) is 0 Å². The number of benzene rings is 1. The molecule has 2 N–H and O–H groups in total. The second-order valence-corrected chi connectivity index (χ2v) is 5.52. The lowest BCUT2D eigenvalue weighted by molar-refractivity contribution is -0.117. The Morgan fingerprint density at radius 3 is 2.81 bits per heavy atom. The van der Waals surface area contributed by atoms with Crippen LogP contribution in [0.2, 0.25) is 0 Å². The molecule has 2 aromatic rings. The van der Waals surface area contributed by atoms with Crippen LogP contribution in [-0.2, 0) is 4.79 Å². The Balaban J connectivity index is 1.56. The molecule has 4 nitrogen and oxygen atoms in total. The smallest absolute Gasteiger partial charge is 0.224 e. The van der Waals surface area contributed by atoms with Gasteiger partial charge in [0.15, 0.2) is 0 Å². The van der Waals surface area contributed by atoms with E-state index in [0.717, 1.165) is 42.9 Å². The lowest BCUT2D eigenvalue weighted by Crippen LogP contribution is -2.32. The molecule has 4 heteroatoms. The van der Waals surface area contributed by atoms with Gasteiger partial charge in [0, 0.05) is 17.7 Å². The molecule has 0 radical (unpaired) electrons. The highest BCUT2D eigenvalue weighted by Gasteiger charge is 2.16. The predicted octanol–water partition coefficient (Wildman–Crippen LogP) is 3.27. The van der Waals surface area contributed by atoms with Crippen molar-refractivity contribution < 1.29 is 9.21 Å². The summed E-state index contributed by atoms with van der Waals surface area (Å²) in [7, 11) is 0. The fourth-order valence-corrected chi connectivity index (χ4v) is 2.73. The van der Waals surface area contributed by atoms with E-state index in [1.807, 2.05) is 36.4 Å². The second kappa shape index (κ2) is 6.59. The first-order chi connectivity index (χ1) is 10.3. The molecule has 1 amide bonds. The fourth-order valence-electron chi connectivity index (χ4n) is 2.73. The number of amides is 1. The molecular weight excluding hydrogens is 264 g/mol. The van der Waals surface area contributed by atoms with Crippen molar-refractivity contribution in [2.45, 2.75) is 19.3 Å². The summed E-state index contributed by atoms with van der Waals surface area (Å²) >= 11 is 0. The van der Waals surface area contributed by atoms with E-state index >= 15 is 0 Å². The maximum Gasteiger partial charge on any atom is 0.224 e. The molecule has 1 aliphatic heterocycles. The van der Waals surface area contributed by atoms with Crippen LogP contribution in [0.15, 0.2) is 47.1 Å². The molecule has 1 aromatic carbocycles. The topological polar surface area (TPSA) is 54.3 Å². The van der Waals surface area contributed by atoms with E-state index in [4.69, 9.17) is 4.42 Å². The quantitative estimate of drug-likeness (QED) is 0.906. The van der Waals surface area contributed by atoms with E-state index in [1.54, 1.807) is 6.26 Å². The van der Waals surface area contributed by atoms with Gasteiger partial charge in [-0.2, -0.15) is 0 Å². The van der Waals surface area contributed by atoms with E-state index in [1.165, 1.54) is 0 Å². The number of piperidine rings is 1. The summed E-state index contributed by atoms with van der Waals surface area (Å²) in [5.74, 6) is 1.39. The van der Waals surface area contributed by atoms with Gasteiger partial charge in [0.1, 0.15) is 5.76 Å². The van der Waals surface area contributed by atoms with Crippen LogP contribution in [0.1, 0.15) is 19.3 Å². The third kappa shape index (κ3) is 3.73. The van der Waals surface area contributed by atoms with Crippen molar-refractivity contribution in [3.63, 3.8) is 0 Å². The van der Waals surface area contributed by atoms with Gasteiger partial charge in [-0.05, 0) is 68.2 Å². The van der Waals surface area contributed by atoms with Crippen molar-refractivity contribution in [3.8, 4) is 11.3 Å². The van der Waals surface area contributed by atoms with Crippen LogP contribution in [0, 0.1) is 5.92 Å². The van der Waals surface area contributed by atoms with Crippen LogP contribution in [0.3, 0.4) is 0 Å². The predicted molar refractivity (Wildman–Crippen MR) is 83.0 cm³/mol. The van der Waals surface area contributed by atoms with Crippen molar-refractivity contribution >= 4 is 11.6 Å². The summed E-state index contributed by atoms with van der Waals surface area (Å²) in [4.78, 5) is 12.0. The van der Waals surface area contributed by atoms with E-state index in [0.29, 0.717) is 12.3 Å². The third-order valence-corrected chi connectivity index (χ3v) is 3.85. The van der Waals surface area contributed by atoms with E-state index in [9.17, 15) is 4.79 Å². The summed E-state index contributed by atoms with van der Waals surface area (Å²) in [6.45, 7) is 2.03. The number of furan rings is 1. The number of hydrogen-bond acceptors (Lipinski definition) is 3. The van der Waals surface area contributed by atoms with Crippen LogP contribution >= 0.6 is 0 Å². The number of carbonyl (C=O) groups excluding carboxylic acids is 1. The van der Waals surface area contributed by atoms with Crippen LogP contribution < -0.4 is 10.6 Å². The SMILES string of the molecule is O=C(C[C@H]1CCCNC1)Nc1ccc(-c2ccco2)cc1. The van der Waals surface area contributed by atoms with Crippen molar-refractivity contribution in [3.05, 3.63) is 42.7 Å². The molecule has 1 aromatic heterocycles. The number of anilines is 1. The van der Waals surface area contributed by atoms with Gasteiger partial charge < -0.3 is 15.1 Å². The number of nitrogens with one attached hydrogen (secondary N) is 2. The first kappa shape index (κ1) is 13.9. The first-order valence-electron chi connectivity index (χ1n) is 7.46. The highest BCUT2D eigenvalue weighted by Crippen LogP contribution is 2.22. The molecule has 1 fully saturated rings. The summed E-state index contributed by atoms with van der Waals surface area (Å²) in [5, 5.41) is 6.30. The number of rotatable bonds is 4. The molecule has 1 saturated heterocycles. The molecule has 0 aliphatic carbocycles. The number of hydrogen-bond donors (Lipinski definition) is 2. The summed E-state index contributed by atoms with van der Waals surface area (Å²) in [6.07, 6.45) is 4.55. The Kier molecular flexibility index (Phi) is 4.36.